The third-order valence-electron chi connectivity index (χ3n) is 5.21. The summed E-state index contributed by atoms with van der Waals surface area (Å²) in [5.74, 6) is 0.509. The molecular weight excluding hydrogens is 356 g/mol. The number of methoxy groups -OCH3 is 2. The van der Waals surface area contributed by atoms with Gasteiger partial charge < -0.3 is 14.4 Å². The van der Waals surface area contributed by atoms with E-state index in [1.54, 1.807) is 19.1 Å². The lowest BCUT2D eigenvalue weighted by Gasteiger charge is -2.23. The Labute approximate surface area is 165 Å². The first-order valence-corrected chi connectivity index (χ1v) is 9.41. The van der Waals surface area contributed by atoms with E-state index in [-0.39, 0.29) is 0 Å². The number of nitrogens with one attached hydrogen (secondary N) is 1. The smallest absolute Gasteiger partial charge is 0.303 e. The molecule has 0 saturated carbocycles. The fourth-order valence-corrected chi connectivity index (χ4v) is 3.59. The number of Topliss-reactive ketones (excluding diaryl/α,β-unsaturated/α-hetero) is 1. The first-order valence-electron chi connectivity index (χ1n) is 9.41. The number of amides is 1. The van der Waals surface area contributed by atoms with Crippen LogP contribution in [-0.2, 0) is 17.8 Å². The van der Waals surface area contributed by atoms with Crippen LogP contribution < -0.4 is 19.3 Å². The van der Waals surface area contributed by atoms with Gasteiger partial charge in [-0.1, -0.05) is 13.0 Å². The SMILES string of the molecule is CCc1ccc2c(c1)C(=O)C(=O)N2C[NH+](C)Cc1cc(OC)c(OC)cc1C. The summed E-state index contributed by atoms with van der Waals surface area (Å²) in [6.45, 7) is 5.16. The van der Waals surface area contributed by atoms with Gasteiger partial charge in [0, 0.05) is 5.56 Å². The Morgan fingerprint density at radius 3 is 2.36 bits per heavy atom. The van der Waals surface area contributed by atoms with Crippen molar-refractivity contribution in [1.29, 1.82) is 0 Å². The zero-order chi connectivity index (χ0) is 20.4. The van der Waals surface area contributed by atoms with Crippen LogP contribution in [0.5, 0.6) is 11.5 Å². The molecule has 0 radical (unpaired) electrons. The number of aryl methyl sites for hydroxylation is 2. The van der Waals surface area contributed by atoms with Crippen molar-refractivity contribution in [2.75, 3.05) is 32.8 Å². The van der Waals surface area contributed by atoms with E-state index in [2.05, 4.69) is 0 Å². The van der Waals surface area contributed by atoms with Gasteiger partial charge >= 0.3 is 5.91 Å². The number of carbonyl (C=O) groups is 2. The molecule has 1 amide bonds. The second-order valence-electron chi connectivity index (χ2n) is 7.19. The molecule has 28 heavy (non-hydrogen) atoms. The highest BCUT2D eigenvalue weighted by molar-refractivity contribution is 6.52. The van der Waals surface area contributed by atoms with Gasteiger partial charge in [-0.05, 0) is 48.7 Å². The van der Waals surface area contributed by atoms with Crippen molar-refractivity contribution < 1.29 is 24.0 Å². The van der Waals surface area contributed by atoms with Crippen molar-refractivity contribution >= 4 is 17.4 Å². The summed E-state index contributed by atoms with van der Waals surface area (Å²) >= 11 is 0. The largest absolute Gasteiger partial charge is 0.493 e. The molecule has 0 aliphatic carbocycles. The Morgan fingerprint density at radius 1 is 1.04 bits per heavy atom. The molecule has 0 bridgehead atoms. The van der Waals surface area contributed by atoms with Gasteiger partial charge in [0.1, 0.15) is 6.54 Å². The first-order chi connectivity index (χ1) is 13.4. The molecule has 3 rings (SSSR count). The maximum absolute atomic E-state index is 12.5. The van der Waals surface area contributed by atoms with Crippen LogP contribution in [0.15, 0.2) is 30.3 Å². The topological polar surface area (TPSA) is 60.3 Å². The molecule has 1 N–H and O–H groups in total. The molecule has 6 nitrogen and oxygen atoms in total. The number of ether oxygens (including phenoxy) is 2. The van der Waals surface area contributed by atoms with Crippen LogP contribution in [0.3, 0.4) is 0 Å². The van der Waals surface area contributed by atoms with E-state index < -0.39 is 11.7 Å². The van der Waals surface area contributed by atoms with Gasteiger partial charge in [0.05, 0.1) is 32.5 Å². The molecule has 0 saturated heterocycles. The molecule has 1 heterocycles. The van der Waals surface area contributed by atoms with Gasteiger partial charge in [0.2, 0.25) is 0 Å². The molecule has 2 aromatic rings. The minimum atomic E-state index is -0.452. The number of ketones is 1. The summed E-state index contributed by atoms with van der Waals surface area (Å²) < 4.78 is 10.7. The van der Waals surface area contributed by atoms with Crippen LogP contribution >= 0.6 is 0 Å². The number of nitrogens with zero attached hydrogens (tertiary/aromatic N) is 1. The zero-order valence-electron chi connectivity index (χ0n) is 17.1. The Morgan fingerprint density at radius 2 is 1.71 bits per heavy atom. The predicted octanol–water partition coefficient (Wildman–Crippen LogP) is 1.78. The minimum absolute atomic E-state index is 0.414. The van der Waals surface area contributed by atoms with E-state index in [4.69, 9.17) is 9.47 Å². The second-order valence-corrected chi connectivity index (χ2v) is 7.19. The first kappa shape index (κ1) is 19.9. The number of hydrogen-bond donors (Lipinski definition) is 1. The van der Waals surface area contributed by atoms with Crippen molar-refractivity contribution in [3.8, 4) is 11.5 Å². The van der Waals surface area contributed by atoms with Gasteiger partial charge in [-0.3, -0.25) is 14.5 Å². The zero-order valence-corrected chi connectivity index (χ0v) is 17.1. The molecule has 1 unspecified atom stereocenters. The fourth-order valence-electron chi connectivity index (χ4n) is 3.59. The van der Waals surface area contributed by atoms with Crippen molar-refractivity contribution in [3.63, 3.8) is 0 Å². The second kappa shape index (κ2) is 8.02. The van der Waals surface area contributed by atoms with Crippen molar-refractivity contribution in [2.45, 2.75) is 26.8 Å². The van der Waals surface area contributed by atoms with Crippen LogP contribution in [0.2, 0.25) is 0 Å². The Bertz CT molecular complexity index is 923. The average Bonchev–Trinajstić information content (AvgIpc) is 2.93. The van der Waals surface area contributed by atoms with Gasteiger partial charge in [-0.15, -0.1) is 0 Å². The monoisotopic (exact) mass is 383 g/mol. The molecule has 148 valence electrons. The van der Waals surface area contributed by atoms with E-state index >= 15 is 0 Å². The number of benzene rings is 2. The standard InChI is InChI=1S/C22H26N2O4/c1-6-15-7-8-18-17(10-15)21(25)22(26)24(18)13-23(3)12-16-11-20(28-5)19(27-4)9-14(16)2/h7-11H,6,12-13H2,1-5H3/p+1. The highest BCUT2D eigenvalue weighted by atomic mass is 16.5. The minimum Gasteiger partial charge on any atom is -0.493 e. The molecule has 6 heteroatoms. The van der Waals surface area contributed by atoms with E-state index in [9.17, 15) is 9.59 Å². The van der Waals surface area contributed by atoms with E-state index in [0.717, 1.165) is 28.0 Å². The lowest BCUT2D eigenvalue weighted by Crippen LogP contribution is -3.09. The third-order valence-corrected chi connectivity index (χ3v) is 5.21. The van der Waals surface area contributed by atoms with Crippen molar-refractivity contribution in [1.82, 2.24) is 0 Å². The number of fused-ring (bicyclic) bond motifs is 1. The quantitative estimate of drug-likeness (QED) is 0.741. The summed E-state index contributed by atoms with van der Waals surface area (Å²) in [6.07, 6.45) is 0.832. The molecule has 1 aliphatic heterocycles. The maximum Gasteiger partial charge on any atom is 0.303 e. The van der Waals surface area contributed by atoms with Gasteiger partial charge in [0.25, 0.3) is 5.78 Å². The van der Waals surface area contributed by atoms with Crippen LogP contribution in [-0.4, -0.2) is 39.6 Å². The van der Waals surface area contributed by atoms with Gasteiger partial charge in [-0.25, -0.2) is 0 Å². The number of hydrogen-bond acceptors (Lipinski definition) is 4. The molecule has 0 spiro atoms. The normalized spacial score (nSPS) is 14.2. The van der Waals surface area contributed by atoms with Crippen LogP contribution in [0.4, 0.5) is 5.69 Å². The Kier molecular flexibility index (Phi) is 5.70. The number of carbonyl (C=O) groups excluding carboxylic acids is 2. The highest BCUT2D eigenvalue weighted by Crippen LogP contribution is 2.31. The summed E-state index contributed by atoms with van der Waals surface area (Å²) in [7, 11) is 5.24. The third kappa shape index (κ3) is 3.60. The van der Waals surface area contributed by atoms with E-state index in [1.165, 1.54) is 0 Å². The van der Waals surface area contributed by atoms with Gasteiger partial charge in [-0.2, -0.15) is 0 Å². The molecule has 2 aromatic carbocycles. The number of rotatable bonds is 7. The molecule has 0 fully saturated rings. The Balaban J connectivity index is 1.80. The molecule has 1 atom stereocenters. The van der Waals surface area contributed by atoms with Crippen molar-refractivity contribution in [2.24, 2.45) is 0 Å². The van der Waals surface area contributed by atoms with Gasteiger partial charge in [0.15, 0.2) is 18.2 Å². The summed E-state index contributed by atoms with van der Waals surface area (Å²) in [4.78, 5) is 27.6. The number of quaternary nitrogens is 1. The summed E-state index contributed by atoms with van der Waals surface area (Å²) in [5, 5.41) is 0. The molecule has 0 aromatic heterocycles. The van der Waals surface area contributed by atoms with Crippen LogP contribution in [0.25, 0.3) is 0 Å². The summed E-state index contributed by atoms with van der Waals surface area (Å²) in [5.41, 5.74) is 4.47. The van der Waals surface area contributed by atoms with Crippen LogP contribution in [0.1, 0.15) is 34.0 Å². The average molecular weight is 383 g/mol. The van der Waals surface area contributed by atoms with E-state index in [0.29, 0.717) is 36.0 Å². The number of anilines is 1. The van der Waals surface area contributed by atoms with E-state index in [1.807, 2.05) is 51.2 Å². The lowest BCUT2D eigenvalue weighted by atomic mass is 10.1. The fraction of sp³-hybridized carbons (Fsp3) is 0.364. The molecular formula is C22H27N2O4+. The maximum atomic E-state index is 12.5. The Hall–Kier alpha value is -2.86. The highest BCUT2D eigenvalue weighted by Gasteiger charge is 2.37. The molecule has 1 aliphatic rings. The van der Waals surface area contributed by atoms with Crippen molar-refractivity contribution in [3.05, 3.63) is 52.6 Å². The summed E-state index contributed by atoms with van der Waals surface area (Å²) in [6, 6.07) is 9.62. The predicted molar refractivity (Wildman–Crippen MR) is 107 cm³/mol. The van der Waals surface area contributed by atoms with Crippen LogP contribution in [0, 0.1) is 6.92 Å². The lowest BCUT2D eigenvalue weighted by molar-refractivity contribution is -0.892.